The molecular formula is C19H18FNO2S. The first-order valence-corrected chi connectivity index (χ1v) is 8.79. The van der Waals surface area contributed by atoms with Crippen LogP contribution in [0.15, 0.2) is 66.1 Å². The molecule has 124 valence electrons. The van der Waals surface area contributed by atoms with Crippen molar-refractivity contribution in [2.45, 2.75) is 11.8 Å². The summed E-state index contributed by atoms with van der Waals surface area (Å²) in [4.78, 5) is 0.211. The fourth-order valence-corrected chi connectivity index (χ4v) is 3.36. The van der Waals surface area contributed by atoms with Gasteiger partial charge in [0.2, 0.25) is 10.0 Å². The normalized spacial score (nSPS) is 11.0. The lowest BCUT2D eigenvalue weighted by Crippen LogP contribution is -2.31. The van der Waals surface area contributed by atoms with Crippen molar-refractivity contribution in [2.24, 2.45) is 0 Å². The van der Waals surface area contributed by atoms with Gasteiger partial charge in [-0.3, -0.25) is 0 Å². The Morgan fingerprint density at radius 3 is 2.54 bits per heavy atom. The zero-order valence-electron chi connectivity index (χ0n) is 13.4. The van der Waals surface area contributed by atoms with Gasteiger partial charge in [-0.05, 0) is 37.3 Å². The summed E-state index contributed by atoms with van der Waals surface area (Å²) in [5, 5.41) is 0. The van der Waals surface area contributed by atoms with E-state index in [4.69, 9.17) is 0 Å². The summed E-state index contributed by atoms with van der Waals surface area (Å²) < 4.78 is 39.7. The van der Waals surface area contributed by atoms with Gasteiger partial charge >= 0.3 is 0 Å². The fourth-order valence-electron chi connectivity index (χ4n) is 2.05. The molecule has 0 radical (unpaired) electrons. The van der Waals surface area contributed by atoms with E-state index in [0.29, 0.717) is 5.56 Å². The monoisotopic (exact) mass is 343 g/mol. The summed E-state index contributed by atoms with van der Waals surface area (Å²) in [5.74, 6) is 5.18. The van der Waals surface area contributed by atoms with Crippen molar-refractivity contribution in [3.8, 4) is 11.8 Å². The van der Waals surface area contributed by atoms with Crippen LogP contribution < -0.4 is 0 Å². The number of aryl methyl sites for hydroxylation is 1. The number of rotatable bonds is 5. The summed E-state index contributed by atoms with van der Waals surface area (Å²) in [6, 6.07) is 12.5. The average molecular weight is 343 g/mol. The third-order valence-electron chi connectivity index (χ3n) is 3.30. The molecule has 0 spiro atoms. The van der Waals surface area contributed by atoms with E-state index in [0.717, 1.165) is 5.56 Å². The van der Waals surface area contributed by atoms with Crippen LogP contribution in [-0.4, -0.2) is 25.8 Å². The standard InChI is InChI=1S/C19H18FNO2S/c1-3-13-21(14-5-7-17-6-4-8-18(20)15-17)24(22,23)19-11-9-16(2)10-12-19/h3-4,6,8-12,15H,1,13-14H2,2H3. The van der Waals surface area contributed by atoms with Gasteiger partial charge in [-0.2, -0.15) is 4.31 Å². The van der Waals surface area contributed by atoms with Crippen molar-refractivity contribution in [3.63, 3.8) is 0 Å². The molecule has 0 fully saturated rings. The van der Waals surface area contributed by atoms with Crippen LogP contribution in [-0.2, 0) is 10.0 Å². The van der Waals surface area contributed by atoms with Gasteiger partial charge in [0, 0.05) is 12.1 Å². The van der Waals surface area contributed by atoms with Gasteiger partial charge in [0.1, 0.15) is 5.82 Å². The maximum atomic E-state index is 13.1. The highest BCUT2D eigenvalue weighted by Crippen LogP contribution is 2.16. The van der Waals surface area contributed by atoms with Gasteiger partial charge in [-0.1, -0.05) is 41.7 Å². The molecule has 0 heterocycles. The molecule has 0 unspecified atom stereocenters. The average Bonchev–Trinajstić information content (AvgIpc) is 2.54. The van der Waals surface area contributed by atoms with Crippen molar-refractivity contribution < 1.29 is 12.8 Å². The van der Waals surface area contributed by atoms with Crippen molar-refractivity contribution >= 4 is 10.0 Å². The first-order valence-electron chi connectivity index (χ1n) is 7.35. The number of nitrogens with zero attached hydrogens (tertiary/aromatic N) is 1. The summed E-state index contributed by atoms with van der Waals surface area (Å²) in [6.07, 6.45) is 1.51. The minimum absolute atomic E-state index is 0.00125. The molecule has 0 aliphatic heterocycles. The predicted octanol–water partition coefficient (Wildman–Crippen LogP) is 3.36. The summed E-state index contributed by atoms with van der Waals surface area (Å²) in [5.41, 5.74) is 1.48. The van der Waals surface area contributed by atoms with E-state index in [1.54, 1.807) is 36.4 Å². The Balaban J connectivity index is 2.23. The van der Waals surface area contributed by atoms with Crippen LogP contribution in [0.5, 0.6) is 0 Å². The Hall–Kier alpha value is -2.42. The van der Waals surface area contributed by atoms with Crippen LogP contribution in [0.1, 0.15) is 11.1 Å². The number of hydrogen-bond acceptors (Lipinski definition) is 2. The molecule has 0 aliphatic rings. The van der Waals surface area contributed by atoms with Crippen LogP contribution in [0.25, 0.3) is 0 Å². The lowest BCUT2D eigenvalue weighted by molar-refractivity contribution is 0.478. The smallest absolute Gasteiger partial charge is 0.207 e. The summed E-state index contributed by atoms with van der Waals surface area (Å²) in [7, 11) is -3.66. The summed E-state index contributed by atoms with van der Waals surface area (Å²) >= 11 is 0. The Kier molecular flexibility index (Phi) is 5.91. The first-order chi connectivity index (χ1) is 11.4. The van der Waals surface area contributed by atoms with Crippen LogP contribution in [0, 0.1) is 24.6 Å². The maximum Gasteiger partial charge on any atom is 0.244 e. The van der Waals surface area contributed by atoms with Crippen LogP contribution in [0.3, 0.4) is 0 Å². The highest BCUT2D eigenvalue weighted by molar-refractivity contribution is 7.89. The second kappa shape index (κ2) is 7.91. The minimum Gasteiger partial charge on any atom is -0.207 e. The largest absolute Gasteiger partial charge is 0.244 e. The van der Waals surface area contributed by atoms with E-state index >= 15 is 0 Å². The quantitative estimate of drug-likeness (QED) is 0.617. The van der Waals surface area contributed by atoms with Gasteiger partial charge in [-0.15, -0.1) is 6.58 Å². The maximum absolute atomic E-state index is 13.1. The van der Waals surface area contributed by atoms with E-state index in [1.807, 2.05) is 6.92 Å². The van der Waals surface area contributed by atoms with Crippen LogP contribution in [0.4, 0.5) is 4.39 Å². The van der Waals surface area contributed by atoms with Crippen molar-refractivity contribution in [1.82, 2.24) is 4.31 Å². The number of benzene rings is 2. The molecular weight excluding hydrogens is 325 g/mol. The Morgan fingerprint density at radius 1 is 1.21 bits per heavy atom. The number of hydrogen-bond donors (Lipinski definition) is 0. The Bertz CT molecular complexity index is 878. The van der Waals surface area contributed by atoms with E-state index < -0.39 is 10.0 Å². The molecule has 2 aromatic carbocycles. The van der Waals surface area contributed by atoms with E-state index in [-0.39, 0.29) is 23.8 Å². The highest BCUT2D eigenvalue weighted by atomic mass is 32.2. The topological polar surface area (TPSA) is 37.4 Å². The molecule has 0 saturated heterocycles. The van der Waals surface area contributed by atoms with E-state index in [9.17, 15) is 12.8 Å². The van der Waals surface area contributed by atoms with Gasteiger partial charge in [0.25, 0.3) is 0 Å². The third-order valence-corrected chi connectivity index (χ3v) is 5.13. The van der Waals surface area contributed by atoms with Gasteiger partial charge < -0.3 is 0 Å². The molecule has 0 N–H and O–H groups in total. The second-order valence-electron chi connectivity index (χ2n) is 5.21. The second-order valence-corrected chi connectivity index (χ2v) is 7.15. The predicted molar refractivity (Wildman–Crippen MR) is 93.4 cm³/mol. The molecule has 2 rings (SSSR count). The van der Waals surface area contributed by atoms with E-state index in [2.05, 4.69) is 18.4 Å². The minimum atomic E-state index is -3.66. The van der Waals surface area contributed by atoms with Crippen LogP contribution >= 0.6 is 0 Å². The molecule has 2 aromatic rings. The SMILES string of the molecule is C=CCN(CC#Cc1cccc(F)c1)S(=O)(=O)c1ccc(C)cc1. The molecule has 24 heavy (non-hydrogen) atoms. The molecule has 5 heteroatoms. The van der Waals surface area contributed by atoms with Crippen molar-refractivity contribution in [3.05, 3.63) is 78.1 Å². The van der Waals surface area contributed by atoms with Crippen molar-refractivity contribution in [1.29, 1.82) is 0 Å². The van der Waals surface area contributed by atoms with Crippen molar-refractivity contribution in [2.75, 3.05) is 13.1 Å². The van der Waals surface area contributed by atoms with E-state index in [1.165, 1.54) is 22.5 Å². The summed E-state index contributed by atoms with van der Waals surface area (Å²) in [6.45, 7) is 5.63. The lowest BCUT2D eigenvalue weighted by atomic mass is 10.2. The third kappa shape index (κ3) is 4.54. The zero-order chi connectivity index (χ0) is 17.6. The molecule has 0 aromatic heterocycles. The van der Waals surface area contributed by atoms with Gasteiger partial charge in [0.15, 0.2) is 0 Å². The zero-order valence-corrected chi connectivity index (χ0v) is 14.2. The highest BCUT2D eigenvalue weighted by Gasteiger charge is 2.22. The molecule has 0 amide bonds. The molecule has 3 nitrogen and oxygen atoms in total. The van der Waals surface area contributed by atoms with Crippen LogP contribution in [0.2, 0.25) is 0 Å². The molecule has 0 aliphatic carbocycles. The number of halogens is 1. The fraction of sp³-hybridized carbons (Fsp3) is 0.158. The van der Waals surface area contributed by atoms with Gasteiger partial charge in [-0.25, -0.2) is 12.8 Å². The van der Waals surface area contributed by atoms with Gasteiger partial charge in [0.05, 0.1) is 11.4 Å². The number of sulfonamides is 1. The Morgan fingerprint density at radius 2 is 1.92 bits per heavy atom. The Labute approximate surface area is 142 Å². The molecule has 0 saturated carbocycles. The first kappa shape index (κ1) is 17.9. The molecule has 0 atom stereocenters. The lowest BCUT2D eigenvalue weighted by Gasteiger charge is -2.18. The molecule has 0 bridgehead atoms.